The Balaban J connectivity index is 1.45. The van der Waals surface area contributed by atoms with Crippen LogP contribution in [0.2, 0.25) is 5.02 Å². The number of guanidine groups is 1. The van der Waals surface area contributed by atoms with Crippen molar-refractivity contribution in [3.63, 3.8) is 0 Å². The number of aliphatic imine (C=N–C) groups is 1. The summed E-state index contributed by atoms with van der Waals surface area (Å²) in [6, 6.07) is 9.17. The molecule has 0 aliphatic carbocycles. The van der Waals surface area contributed by atoms with Crippen LogP contribution in [0, 0.1) is 5.92 Å². The largest absolute Gasteiger partial charge is 0.369 e. The molecule has 2 heterocycles. The predicted molar refractivity (Wildman–Crippen MR) is 116 cm³/mol. The molecule has 2 atom stereocenters. The fourth-order valence-electron chi connectivity index (χ4n) is 4.15. The van der Waals surface area contributed by atoms with E-state index < -0.39 is 0 Å². The molecule has 3 rings (SSSR count). The number of benzene rings is 1. The van der Waals surface area contributed by atoms with Gasteiger partial charge in [-0.05, 0) is 63.8 Å². The third-order valence-corrected chi connectivity index (χ3v) is 6.00. The first-order valence-electron chi connectivity index (χ1n) is 10.3. The zero-order valence-electron chi connectivity index (χ0n) is 16.9. The van der Waals surface area contributed by atoms with Crippen LogP contribution in [0.3, 0.4) is 0 Å². The summed E-state index contributed by atoms with van der Waals surface area (Å²) in [4.78, 5) is 9.42. The highest BCUT2D eigenvalue weighted by Gasteiger charge is 2.25. The van der Waals surface area contributed by atoms with Gasteiger partial charge in [-0.15, -0.1) is 0 Å². The summed E-state index contributed by atoms with van der Waals surface area (Å²) in [7, 11) is 1.86. The van der Waals surface area contributed by atoms with Gasteiger partial charge in [-0.25, -0.2) is 0 Å². The SMILES string of the molecule is CN=C(NCC1CCCN(C(C)C)C1)NC1CCN(c2cccc(Cl)c2)C1. The summed E-state index contributed by atoms with van der Waals surface area (Å²) in [6.07, 6.45) is 3.71. The molecule has 0 aromatic heterocycles. The van der Waals surface area contributed by atoms with E-state index in [0.717, 1.165) is 37.0 Å². The second kappa shape index (κ2) is 9.65. The Morgan fingerprint density at radius 1 is 1.26 bits per heavy atom. The Bertz CT molecular complexity index is 633. The lowest BCUT2D eigenvalue weighted by atomic mass is 9.97. The molecule has 6 heteroatoms. The maximum absolute atomic E-state index is 6.14. The molecule has 0 bridgehead atoms. The Hall–Kier alpha value is -1.46. The van der Waals surface area contributed by atoms with E-state index in [1.807, 2.05) is 25.2 Å². The van der Waals surface area contributed by atoms with Crippen molar-refractivity contribution < 1.29 is 0 Å². The van der Waals surface area contributed by atoms with Crippen LogP contribution in [0.25, 0.3) is 0 Å². The van der Waals surface area contributed by atoms with Crippen LogP contribution in [-0.2, 0) is 0 Å². The van der Waals surface area contributed by atoms with E-state index in [1.165, 1.54) is 31.6 Å². The molecule has 0 amide bonds. The molecule has 2 aliphatic rings. The average molecular weight is 392 g/mol. The lowest BCUT2D eigenvalue weighted by molar-refractivity contribution is 0.141. The smallest absolute Gasteiger partial charge is 0.191 e. The minimum absolute atomic E-state index is 0.411. The van der Waals surface area contributed by atoms with Gasteiger partial charge in [0.2, 0.25) is 0 Å². The van der Waals surface area contributed by atoms with Gasteiger partial charge in [0.1, 0.15) is 0 Å². The second-order valence-corrected chi connectivity index (χ2v) is 8.54. The Morgan fingerprint density at radius 2 is 2.11 bits per heavy atom. The molecule has 0 spiro atoms. The van der Waals surface area contributed by atoms with Crippen LogP contribution in [-0.4, -0.2) is 62.7 Å². The second-order valence-electron chi connectivity index (χ2n) is 8.11. The first kappa shape index (κ1) is 20.3. The van der Waals surface area contributed by atoms with E-state index >= 15 is 0 Å². The van der Waals surface area contributed by atoms with Crippen molar-refractivity contribution in [2.45, 2.75) is 45.2 Å². The molecule has 5 nitrogen and oxygen atoms in total. The van der Waals surface area contributed by atoms with Crippen molar-refractivity contribution in [2.24, 2.45) is 10.9 Å². The number of hydrogen-bond acceptors (Lipinski definition) is 3. The summed E-state index contributed by atoms with van der Waals surface area (Å²) in [5, 5.41) is 7.96. The van der Waals surface area contributed by atoms with Crippen molar-refractivity contribution in [2.75, 3.05) is 44.7 Å². The maximum atomic E-state index is 6.14. The average Bonchev–Trinajstić information content (AvgIpc) is 3.14. The van der Waals surface area contributed by atoms with Crippen LogP contribution >= 0.6 is 11.6 Å². The fourth-order valence-corrected chi connectivity index (χ4v) is 4.33. The molecule has 0 saturated carbocycles. The summed E-state index contributed by atoms with van der Waals surface area (Å²) in [5.74, 6) is 1.63. The van der Waals surface area contributed by atoms with E-state index in [2.05, 4.69) is 45.3 Å². The summed E-state index contributed by atoms with van der Waals surface area (Å²) in [5.41, 5.74) is 1.20. The number of hydrogen-bond donors (Lipinski definition) is 2. The van der Waals surface area contributed by atoms with Crippen molar-refractivity contribution >= 4 is 23.2 Å². The van der Waals surface area contributed by atoms with Crippen LogP contribution in [0.4, 0.5) is 5.69 Å². The van der Waals surface area contributed by atoms with Crippen molar-refractivity contribution in [1.29, 1.82) is 0 Å². The highest BCUT2D eigenvalue weighted by atomic mass is 35.5. The molecular formula is C21H34ClN5. The monoisotopic (exact) mass is 391 g/mol. The lowest BCUT2D eigenvalue weighted by Gasteiger charge is -2.35. The highest BCUT2D eigenvalue weighted by molar-refractivity contribution is 6.30. The van der Waals surface area contributed by atoms with Gasteiger partial charge in [0, 0.05) is 56.0 Å². The van der Waals surface area contributed by atoms with Gasteiger partial charge in [0.25, 0.3) is 0 Å². The number of halogens is 1. The van der Waals surface area contributed by atoms with Gasteiger partial charge in [-0.2, -0.15) is 0 Å². The standard InChI is InChI=1S/C21H34ClN5/c1-16(2)26-10-5-6-17(14-26)13-24-21(23-3)25-19-9-11-27(15-19)20-8-4-7-18(22)12-20/h4,7-8,12,16-17,19H,5-6,9-11,13-15H2,1-3H3,(H2,23,24,25). The van der Waals surface area contributed by atoms with Gasteiger partial charge in [0.15, 0.2) is 5.96 Å². The van der Waals surface area contributed by atoms with Crippen LogP contribution in [0.5, 0.6) is 0 Å². The molecule has 1 aromatic rings. The molecule has 1 aromatic carbocycles. The van der Waals surface area contributed by atoms with Crippen molar-refractivity contribution in [1.82, 2.24) is 15.5 Å². The van der Waals surface area contributed by atoms with Crippen LogP contribution in [0.1, 0.15) is 33.1 Å². The van der Waals surface area contributed by atoms with Gasteiger partial charge < -0.3 is 20.4 Å². The van der Waals surface area contributed by atoms with Gasteiger partial charge in [0.05, 0.1) is 0 Å². The van der Waals surface area contributed by atoms with Crippen LogP contribution < -0.4 is 15.5 Å². The lowest BCUT2D eigenvalue weighted by Crippen LogP contribution is -2.48. The van der Waals surface area contributed by atoms with Crippen molar-refractivity contribution in [3.8, 4) is 0 Å². The van der Waals surface area contributed by atoms with Crippen molar-refractivity contribution in [3.05, 3.63) is 29.3 Å². The third-order valence-electron chi connectivity index (χ3n) is 5.76. The van der Waals surface area contributed by atoms with E-state index in [0.29, 0.717) is 18.0 Å². The molecule has 2 unspecified atom stereocenters. The number of rotatable bonds is 5. The molecule has 150 valence electrons. The first-order valence-corrected chi connectivity index (χ1v) is 10.6. The molecule has 0 radical (unpaired) electrons. The molecule has 2 saturated heterocycles. The molecule has 2 N–H and O–H groups in total. The highest BCUT2D eigenvalue weighted by Crippen LogP contribution is 2.23. The quantitative estimate of drug-likeness (QED) is 0.597. The van der Waals surface area contributed by atoms with Gasteiger partial charge in [-0.1, -0.05) is 17.7 Å². The summed E-state index contributed by atoms with van der Waals surface area (Å²) < 4.78 is 0. The minimum atomic E-state index is 0.411. The molecule has 2 fully saturated rings. The number of nitrogens with zero attached hydrogens (tertiary/aromatic N) is 3. The first-order chi connectivity index (χ1) is 13.0. The van der Waals surface area contributed by atoms with E-state index in [1.54, 1.807) is 0 Å². The third kappa shape index (κ3) is 5.76. The number of piperidine rings is 1. The predicted octanol–water partition coefficient (Wildman–Crippen LogP) is 3.20. The summed E-state index contributed by atoms with van der Waals surface area (Å²) >= 11 is 6.14. The fraction of sp³-hybridized carbons (Fsp3) is 0.667. The molecule has 2 aliphatic heterocycles. The number of nitrogens with one attached hydrogen (secondary N) is 2. The zero-order valence-corrected chi connectivity index (χ0v) is 17.7. The summed E-state index contributed by atoms with van der Waals surface area (Å²) in [6.45, 7) is 10.0. The topological polar surface area (TPSA) is 42.9 Å². The van der Waals surface area contributed by atoms with Gasteiger partial charge in [-0.3, -0.25) is 4.99 Å². The maximum Gasteiger partial charge on any atom is 0.191 e. The number of anilines is 1. The van der Waals surface area contributed by atoms with E-state index in [9.17, 15) is 0 Å². The molecular weight excluding hydrogens is 358 g/mol. The number of likely N-dealkylation sites (tertiary alicyclic amines) is 1. The Morgan fingerprint density at radius 3 is 2.85 bits per heavy atom. The van der Waals surface area contributed by atoms with E-state index in [-0.39, 0.29) is 0 Å². The minimum Gasteiger partial charge on any atom is -0.369 e. The van der Waals surface area contributed by atoms with Gasteiger partial charge >= 0.3 is 0 Å². The molecule has 27 heavy (non-hydrogen) atoms. The Labute approximate surface area is 169 Å². The zero-order chi connectivity index (χ0) is 19.2. The normalized spacial score (nSPS) is 24.5. The Kier molecular flexibility index (Phi) is 7.25. The van der Waals surface area contributed by atoms with Crippen LogP contribution in [0.15, 0.2) is 29.3 Å². The van der Waals surface area contributed by atoms with E-state index in [4.69, 9.17) is 11.6 Å².